The van der Waals surface area contributed by atoms with Crippen molar-refractivity contribution >= 4 is 23.5 Å². The van der Waals surface area contributed by atoms with Crippen LogP contribution in [-0.2, 0) is 6.42 Å². The van der Waals surface area contributed by atoms with Gasteiger partial charge in [0.05, 0.1) is 5.69 Å². The van der Waals surface area contributed by atoms with Crippen molar-refractivity contribution in [1.82, 2.24) is 0 Å². The van der Waals surface area contributed by atoms with Crippen LogP contribution in [0.4, 0.5) is 5.69 Å². The predicted molar refractivity (Wildman–Crippen MR) is 71.5 cm³/mol. The highest BCUT2D eigenvalue weighted by molar-refractivity contribution is 7.98. The third-order valence-electron chi connectivity index (χ3n) is 3.11. The van der Waals surface area contributed by atoms with Gasteiger partial charge in [-0.2, -0.15) is 0 Å². The SMILES string of the molecule is C=Cc1c(O)c(C)c(SC)c2c1CC(C)N2. The average molecular weight is 235 g/mol. The summed E-state index contributed by atoms with van der Waals surface area (Å²) in [5.74, 6) is 0.383. The lowest BCUT2D eigenvalue weighted by atomic mass is 9.99. The number of phenolic OH excluding ortho intramolecular Hbond substituents is 1. The highest BCUT2D eigenvalue weighted by Crippen LogP contribution is 2.44. The topological polar surface area (TPSA) is 32.3 Å². The minimum atomic E-state index is 0.383. The van der Waals surface area contributed by atoms with Crippen LogP contribution in [0.3, 0.4) is 0 Å². The van der Waals surface area contributed by atoms with Crippen molar-refractivity contribution in [3.05, 3.63) is 23.3 Å². The van der Waals surface area contributed by atoms with Gasteiger partial charge in [-0.3, -0.25) is 0 Å². The quantitative estimate of drug-likeness (QED) is 0.608. The molecule has 1 aromatic carbocycles. The fourth-order valence-electron chi connectivity index (χ4n) is 2.36. The summed E-state index contributed by atoms with van der Waals surface area (Å²) in [6, 6.07) is 0.431. The zero-order chi connectivity index (χ0) is 11.9. The maximum absolute atomic E-state index is 10.1. The number of rotatable bonds is 2. The van der Waals surface area contributed by atoms with E-state index in [1.165, 1.54) is 11.3 Å². The monoisotopic (exact) mass is 235 g/mol. The second kappa shape index (κ2) is 4.06. The van der Waals surface area contributed by atoms with Gasteiger partial charge in [0.1, 0.15) is 5.75 Å². The summed E-state index contributed by atoms with van der Waals surface area (Å²) in [6.07, 6.45) is 4.75. The van der Waals surface area contributed by atoms with E-state index < -0.39 is 0 Å². The van der Waals surface area contributed by atoms with Crippen LogP contribution in [0.25, 0.3) is 6.08 Å². The predicted octanol–water partition coefficient (Wildman–Crippen LogP) is 3.42. The second-order valence-electron chi connectivity index (χ2n) is 4.23. The van der Waals surface area contributed by atoms with Crippen molar-refractivity contribution in [2.24, 2.45) is 0 Å². The van der Waals surface area contributed by atoms with Crippen LogP contribution in [0.2, 0.25) is 0 Å². The summed E-state index contributed by atoms with van der Waals surface area (Å²) in [4.78, 5) is 1.16. The lowest BCUT2D eigenvalue weighted by Crippen LogP contribution is -2.08. The number of thioether (sulfide) groups is 1. The van der Waals surface area contributed by atoms with E-state index in [4.69, 9.17) is 0 Å². The Hall–Kier alpha value is -1.09. The lowest BCUT2D eigenvalue weighted by molar-refractivity contribution is 0.467. The molecule has 86 valence electrons. The number of aromatic hydroxyl groups is 1. The molecular weight excluding hydrogens is 218 g/mol. The molecule has 0 fully saturated rings. The van der Waals surface area contributed by atoms with E-state index in [1.807, 2.05) is 13.2 Å². The van der Waals surface area contributed by atoms with Gasteiger partial charge in [0.15, 0.2) is 0 Å². The fraction of sp³-hybridized carbons (Fsp3) is 0.385. The van der Waals surface area contributed by atoms with Crippen LogP contribution in [-0.4, -0.2) is 17.4 Å². The van der Waals surface area contributed by atoms with Gasteiger partial charge in [-0.1, -0.05) is 12.7 Å². The first kappa shape index (κ1) is 11.4. The number of fused-ring (bicyclic) bond motifs is 1. The molecule has 2 nitrogen and oxygen atoms in total. The molecule has 0 saturated carbocycles. The summed E-state index contributed by atoms with van der Waals surface area (Å²) >= 11 is 1.68. The van der Waals surface area contributed by atoms with Gasteiger partial charge in [-0.05, 0) is 32.1 Å². The van der Waals surface area contributed by atoms with Crippen LogP contribution in [0, 0.1) is 6.92 Å². The minimum Gasteiger partial charge on any atom is -0.507 e. The van der Waals surface area contributed by atoms with Crippen LogP contribution < -0.4 is 5.32 Å². The van der Waals surface area contributed by atoms with E-state index in [0.717, 1.165) is 22.4 Å². The van der Waals surface area contributed by atoms with Gasteiger partial charge in [0, 0.05) is 22.1 Å². The van der Waals surface area contributed by atoms with Crippen molar-refractivity contribution in [3.8, 4) is 5.75 Å². The molecule has 2 N–H and O–H groups in total. The van der Waals surface area contributed by atoms with Crippen LogP contribution >= 0.6 is 11.8 Å². The summed E-state index contributed by atoms with van der Waals surface area (Å²) in [6.45, 7) is 7.91. The Bertz CT molecular complexity index is 454. The summed E-state index contributed by atoms with van der Waals surface area (Å²) in [5, 5.41) is 13.6. The molecule has 1 aromatic rings. The number of phenols is 1. The Morgan fingerprint density at radius 3 is 2.81 bits per heavy atom. The zero-order valence-corrected chi connectivity index (χ0v) is 10.7. The lowest BCUT2D eigenvalue weighted by Gasteiger charge is -2.15. The average Bonchev–Trinajstić information content (AvgIpc) is 2.62. The molecule has 1 aliphatic rings. The molecule has 0 bridgehead atoms. The van der Waals surface area contributed by atoms with Crippen molar-refractivity contribution in [2.75, 3.05) is 11.6 Å². The molecule has 0 aromatic heterocycles. The Labute approximate surface area is 101 Å². The van der Waals surface area contributed by atoms with Gasteiger partial charge in [0.25, 0.3) is 0 Å². The van der Waals surface area contributed by atoms with Crippen LogP contribution in [0.1, 0.15) is 23.6 Å². The molecule has 0 amide bonds. The van der Waals surface area contributed by atoms with Crippen molar-refractivity contribution < 1.29 is 5.11 Å². The number of hydrogen-bond acceptors (Lipinski definition) is 3. The second-order valence-corrected chi connectivity index (χ2v) is 5.04. The van der Waals surface area contributed by atoms with Gasteiger partial charge < -0.3 is 10.4 Å². The first-order valence-electron chi connectivity index (χ1n) is 5.41. The molecule has 1 aliphatic heterocycles. The molecular formula is C13H17NOS. The molecule has 0 radical (unpaired) electrons. The molecule has 16 heavy (non-hydrogen) atoms. The fourth-order valence-corrected chi connectivity index (χ4v) is 3.14. The molecule has 1 unspecified atom stereocenters. The van der Waals surface area contributed by atoms with Gasteiger partial charge in [-0.15, -0.1) is 11.8 Å². The molecule has 1 heterocycles. The Balaban J connectivity index is 2.74. The van der Waals surface area contributed by atoms with Crippen LogP contribution in [0.5, 0.6) is 5.75 Å². The summed E-state index contributed by atoms with van der Waals surface area (Å²) < 4.78 is 0. The van der Waals surface area contributed by atoms with E-state index in [2.05, 4.69) is 18.8 Å². The molecule has 1 atom stereocenters. The summed E-state index contributed by atoms with van der Waals surface area (Å²) in [7, 11) is 0. The third kappa shape index (κ3) is 1.50. The van der Waals surface area contributed by atoms with E-state index >= 15 is 0 Å². The highest BCUT2D eigenvalue weighted by Gasteiger charge is 2.26. The molecule has 3 heteroatoms. The highest BCUT2D eigenvalue weighted by atomic mass is 32.2. The Kier molecular flexibility index (Phi) is 2.89. The molecule has 0 spiro atoms. The number of hydrogen-bond donors (Lipinski definition) is 2. The van der Waals surface area contributed by atoms with Gasteiger partial charge in [0.2, 0.25) is 0 Å². The van der Waals surface area contributed by atoms with Crippen LogP contribution in [0.15, 0.2) is 11.5 Å². The van der Waals surface area contributed by atoms with Crippen molar-refractivity contribution in [2.45, 2.75) is 31.2 Å². The first-order valence-corrected chi connectivity index (χ1v) is 6.64. The van der Waals surface area contributed by atoms with Crippen molar-refractivity contribution in [1.29, 1.82) is 0 Å². The summed E-state index contributed by atoms with van der Waals surface area (Å²) in [5.41, 5.74) is 4.23. The van der Waals surface area contributed by atoms with Crippen molar-refractivity contribution in [3.63, 3.8) is 0 Å². The largest absolute Gasteiger partial charge is 0.507 e. The molecule has 0 aliphatic carbocycles. The van der Waals surface area contributed by atoms with E-state index in [0.29, 0.717) is 11.8 Å². The normalized spacial score (nSPS) is 18.1. The molecule has 0 saturated heterocycles. The minimum absolute atomic E-state index is 0.383. The maximum atomic E-state index is 10.1. The third-order valence-corrected chi connectivity index (χ3v) is 4.03. The smallest absolute Gasteiger partial charge is 0.127 e. The number of anilines is 1. The number of nitrogens with one attached hydrogen (secondary N) is 1. The molecule has 2 rings (SSSR count). The van der Waals surface area contributed by atoms with Gasteiger partial charge >= 0.3 is 0 Å². The van der Waals surface area contributed by atoms with E-state index in [9.17, 15) is 5.11 Å². The maximum Gasteiger partial charge on any atom is 0.127 e. The van der Waals surface area contributed by atoms with Gasteiger partial charge in [-0.25, -0.2) is 0 Å². The van der Waals surface area contributed by atoms with E-state index in [1.54, 1.807) is 17.8 Å². The van der Waals surface area contributed by atoms with E-state index in [-0.39, 0.29) is 0 Å². The Morgan fingerprint density at radius 1 is 1.56 bits per heavy atom. The Morgan fingerprint density at radius 2 is 2.25 bits per heavy atom. The first-order chi connectivity index (χ1) is 7.60. The zero-order valence-electron chi connectivity index (χ0n) is 9.92. The standard InChI is InChI=1S/C13H17NOS/c1-5-9-10-6-7(2)14-11(10)13(16-4)8(3)12(9)15/h5,7,14-15H,1,6H2,2-4H3. The number of benzene rings is 1.